The average molecular weight is 418 g/mol. The van der Waals surface area contributed by atoms with Crippen molar-refractivity contribution >= 4 is 5.82 Å². The number of nitrogens with zero attached hydrogens (tertiary/aromatic N) is 4. The Morgan fingerprint density at radius 3 is 2.80 bits per heavy atom. The Labute approximate surface area is 175 Å². The third kappa shape index (κ3) is 3.16. The second kappa shape index (κ2) is 7.18. The maximum atomic E-state index is 12.7. The molecule has 2 aliphatic carbocycles. The van der Waals surface area contributed by atoms with E-state index in [0.29, 0.717) is 11.5 Å². The minimum absolute atomic E-state index is 0.0475. The van der Waals surface area contributed by atoms with E-state index in [-0.39, 0.29) is 17.6 Å². The first-order valence-electron chi connectivity index (χ1n) is 10.9. The van der Waals surface area contributed by atoms with E-state index in [1.807, 2.05) is 0 Å². The van der Waals surface area contributed by atoms with Gasteiger partial charge in [0.2, 0.25) is 0 Å². The Balaban J connectivity index is 1.47. The molecular formula is C22H29F2N5O. The third-order valence-corrected chi connectivity index (χ3v) is 7.48. The Morgan fingerprint density at radius 2 is 2.07 bits per heavy atom. The number of pyridine rings is 1. The summed E-state index contributed by atoms with van der Waals surface area (Å²) in [7, 11) is 2.22. The number of hydrogen-bond acceptors (Lipinski definition) is 5. The molecule has 6 unspecified atom stereocenters. The minimum atomic E-state index is -2.94. The molecule has 3 aliphatic rings. The maximum Gasteiger partial charge on any atom is 0.387 e. The van der Waals surface area contributed by atoms with Crippen molar-refractivity contribution in [1.82, 2.24) is 19.7 Å². The second-order valence-electron chi connectivity index (χ2n) is 9.29. The highest BCUT2D eigenvalue weighted by molar-refractivity contribution is 5.64. The lowest BCUT2D eigenvalue weighted by molar-refractivity contribution is -0.0494. The molecular weight excluding hydrogens is 388 g/mol. The van der Waals surface area contributed by atoms with Crippen LogP contribution in [0.15, 0.2) is 18.3 Å². The SMILES string of the molecule is CCC(C)n1nc(-c2cnc(N)c(OC(F)F)c2)cc1C1C2CC3CN(C)CC3C21. The fraction of sp³-hybridized carbons (Fsp3) is 0.636. The number of rotatable bonds is 6. The van der Waals surface area contributed by atoms with Crippen LogP contribution in [-0.4, -0.2) is 46.4 Å². The van der Waals surface area contributed by atoms with Gasteiger partial charge in [0, 0.05) is 42.5 Å². The van der Waals surface area contributed by atoms with Crippen molar-refractivity contribution in [3.63, 3.8) is 0 Å². The van der Waals surface area contributed by atoms with E-state index in [1.165, 1.54) is 31.3 Å². The molecule has 2 saturated carbocycles. The summed E-state index contributed by atoms with van der Waals surface area (Å²) < 4.78 is 32.1. The Hall–Kier alpha value is -2.22. The summed E-state index contributed by atoms with van der Waals surface area (Å²) >= 11 is 0. The smallest absolute Gasteiger partial charge is 0.387 e. The van der Waals surface area contributed by atoms with Crippen LogP contribution < -0.4 is 10.5 Å². The Morgan fingerprint density at radius 1 is 1.27 bits per heavy atom. The van der Waals surface area contributed by atoms with Crippen molar-refractivity contribution in [2.75, 3.05) is 25.9 Å². The summed E-state index contributed by atoms with van der Waals surface area (Å²) in [6.45, 7) is 3.82. The summed E-state index contributed by atoms with van der Waals surface area (Å²) in [5.74, 6) is 3.52. The zero-order valence-corrected chi connectivity index (χ0v) is 17.6. The van der Waals surface area contributed by atoms with Gasteiger partial charge < -0.3 is 15.4 Å². The fourth-order valence-electron chi connectivity index (χ4n) is 5.97. The van der Waals surface area contributed by atoms with Gasteiger partial charge in [-0.3, -0.25) is 4.68 Å². The molecule has 2 N–H and O–H groups in total. The number of likely N-dealkylation sites (tertiary alicyclic amines) is 1. The van der Waals surface area contributed by atoms with Gasteiger partial charge in [-0.15, -0.1) is 0 Å². The summed E-state index contributed by atoms with van der Waals surface area (Å²) in [4.78, 5) is 6.51. The number of hydrogen-bond donors (Lipinski definition) is 1. The van der Waals surface area contributed by atoms with Crippen molar-refractivity contribution in [2.24, 2.45) is 23.7 Å². The number of nitrogens with two attached hydrogens (primary N) is 1. The van der Waals surface area contributed by atoms with Crippen LogP contribution in [0.1, 0.15) is 44.3 Å². The molecule has 0 aromatic carbocycles. The Kier molecular flexibility index (Phi) is 4.72. The van der Waals surface area contributed by atoms with Gasteiger partial charge in [-0.1, -0.05) is 6.92 Å². The van der Waals surface area contributed by atoms with Crippen molar-refractivity contribution in [3.05, 3.63) is 24.0 Å². The quantitative estimate of drug-likeness (QED) is 0.769. The molecule has 162 valence electrons. The first kappa shape index (κ1) is 19.7. The first-order chi connectivity index (χ1) is 14.4. The molecule has 2 aromatic heterocycles. The predicted molar refractivity (Wildman–Crippen MR) is 110 cm³/mol. The maximum absolute atomic E-state index is 12.7. The third-order valence-electron chi connectivity index (χ3n) is 7.48. The van der Waals surface area contributed by atoms with E-state index in [2.05, 4.69) is 46.3 Å². The topological polar surface area (TPSA) is 69.2 Å². The number of aromatic nitrogens is 3. The molecule has 0 amide bonds. The molecule has 5 rings (SSSR count). The molecule has 0 bridgehead atoms. The van der Waals surface area contributed by atoms with Crippen LogP contribution in [0.3, 0.4) is 0 Å². The van der Waals surface area contributed by atoms with Crippen LogP contribution in [0.5, 0.6) is 5.75 Å². The summed E-state index contributed by atoms with van der Waals surface area (Å²) in [5, 5.41) is 4.87. The van der Waals surface area contributed by atoms with Crippen molar-refractivity contribution in [2.45, 2.75) is 45.3 Å². The number of nitrogen functional groups attached to an aromatic ring is 1. The molecule has 1 saturated heterocycles. The highest BCUT2D eigenvalue weighted by atomic mass is 19.3. The zero-order chi connectivity index (χ0) is 21.2. The normalized spacial score (nSPS) is 31.1. The van der Waals surface area contributed by atoms with Gasteiger partial charge in [0.1, 0.15) is 0 Å². The molecule has 0 spiro atoms. The van der Waals surface area contributed by atoms with Gasteiger partial charge in [0.15, 0.2) is 11.6 Å². The van der Waals surface area contributed by atoms with Gasteiger partial charge in [0.05, 0.1) is 5.69 Å². The van der Waals surface area contributed by atoms with Crippen LogP contribution >= 0.6 is 0 Å². The highest BCUT2D eigenvalue weighted by Crippen LogP contribution is 2.68. The zero-order valence-electron chi connectivity index (χ0n) is 17.6. The molecule has 0 radical (unpaired) electrons. The van der Waals surface area contributed by atoms with Crippen LogP contribution in [0.2, 0.25) is 0 Å². The first-order valence-corrected chi connectivity index (χ1v) is 10.9. The largest absolute Gasteiger partial charge is 0.431 e. The lowest BCUT2D eigenvalue weighted by Crippen LogP contribution is -2.15. The van der Waals surface area contributed by atoms with E-state index in [4.69, 9.17) is 10.8 Å². The molecule has 2 aromatic rings. The van der Waals surface area contributed by atoms with Gasteiger partial charge in [0.25, 0.3) is 0 Å². The molecule has 3 heterocycles. The predicted octanol–water partition coefficient (Wildman–Crippen LogP) is 4.01. The molecule has 1 aliphatic heterocycles. The monoisotopic (exact) mass is 417 g/mol. The van der Waals surface area contributed by atoms with E-state index in [1.54, 1.807) is 6.20 Å². The Bertz CT molecular complexity index is 948. The van der Waals surface area contributed by atoms with E-state index in [9.17, 15) is 8.78 Å². The molecule has 30 heavy (non-hydrogen) atoms. The second-order valence-corrected chi connectivity index (χ2v) is 9.29. The van der Waals surface area contributed by atoms with Gasteiger partial charge in [-0.05, 0) is 62.6 Å². The summed E-state index contributed by atoms with van der Waals surface area (Å²) in [5.41, 5.74) is 8.36. The van der Waals surface area contributed by atoms with Crippen LogP contribution in [-0.2, 0) is 0 Å². The number of halogens is 2. The molecule has 8 heteroatoms. The standard InChI is InChI=1S/C22H29F2N5O/c1-4-11(2)29-17(20-14-5-13-9-28(3)10-15(13)19(14)20)7-16(27-29)12-6-18(30-22(23)24)21(25)26-8-12/h6-8,11,13-15,19-20,22H,4-5,9-10H2,1-3H3,(H2,25,26). The van der Waals surface area contributed by atoms with Gasteiger partial charge in [-0.25, -0.2) is 4.98 Å². The van der Waals surface area contributed by atoms with Crippen LogP contribution in [0.25, 0.3) is 11.3 Å². The van der Waals surface area contributed by atoms with E-state index >= 15 is 0 Å². The molecule has 6 atom stereocenters. The fourth-order valence-corrected chi connectivity index (χ4v) is 5.97. The van der Waals surface area contributed by atoms with Crippen molar-refractivity contribution in [3.8, 4) is 17.0 Å². The van der Waals surface area contributed by atoms with Crippen molar-refractivity contribution < 1.29 is 13.5 Å². The lowest BCUT2D eigenvalue weighted by Gasteiger charge is -2.18. The van der Waals surface area contributed by atoms with E-state index in [0.717, 1.165) is 35.8 Å². The number of alkyl halides is 2. The number of ether oxygens (including phenoxy) is 1. The molecule has 6 nitrogen and oxygen atoms in total. The summed E-state index contributed by atoms with van der Waals surface area (Å²) in [6, 6.07) is 3.91. The number of fused-ring (bicyclic) bond motifs is 3. The van der Waals surface area contributed by atoms with Crippen LogP contribution in [0, 0.1) is 23.7 Å². The van der Waals surface area contributed by atoms with Crippen LogP contribution in [0.4, 0.5) is 14.6 Å². The average Bonchev–Trinajstić information content (AvgIpc) is 3.01. The lowest BCUT2D eigenvalue weighted by atomic mass is 9.91. The van der Waals surface area contributed by atoms with Crippen molar-refractivity contribution in [1.29, 1.82) is 0 Å². The van der Waals surface area contributed by atoms with Gasteiger partial charge in [-0.2, -0.15) is 13.9 Å². The van der Waals surface area contributed by atoms with E-state index < -0.39 is 6.61 Å². The van der Waals surface area contributed by atoms with Gasteiger partial charge >= 0.3 is 6.61 Å². The molecule has 3 fully saturated rings. The summed E-state index contributed by atoms with van der Waals surface area (Å²) in [6.07, 6.45) is 3.86. The minimum Gasteiger partial charge on any atom is -0.431 e. The number of anilines is 1. The highest BCUT2D eigenvalue weighted by Gasteiger charge is 2.64.